The average molecular weight is 356 g/mol. The van der Waals surface area contributed by atoms with Gasteiger partial charge in [-0.3, -0.25) is 4.99 Å². The summed E-state index contributed by atoms with van der Waals surface area (Å²) in [5.74, 6) is 0. The molecule has 2 aliphatic rings. The van der Waals surface area contributed by atoms with Crippen LogP contribution in [0.2, 0.25) is 0 Å². The fourth-order valence-corrected chi connectivity index (χ4v) is 4.23. The first-order chi connectivity index (χ1) is 11.8. The minimum atomic E-state index is -0.194. The highest BCUT2D eigenvalue weighted by molar-refractivity contribution is 8.16. The average Bonchev–Trinajstić information content (AvgIpc) is 3.32. The number of amidine groups is 1. The molecule has 2 aromatic rings. The normalized spacial score (nSPS) is 15.8. The topological polar surface area (TPSA) is 56.7 Å². The second-order valence-corrected chi connectivity index (χ2v) is 7.27. The first-order valence-corrected chi connectivity index (χ1v) is 9.42. The Labute approximate surface area is 148 Å². The van der Waals surface area contributed by atoms with E-state index in [-0.39, 0.29) is 6.03 Å². The van der Waals surface area contributed by atoms with Crippen LogP contribution in [0.3, 0.4) is 0 Å². The first kappa shape index (κ1) is 15.3. The van der Waals surface area contributed by atoms with E-state index in [1.54, 1.807) is 23.1 Å². The van der Waals surface area contributed by atoms with E-state index in [1.807, 2.05) is 41.8 Å². The zero-order valence-corrected chi connectivity index (χ0v) is 14.5. The molecule has 122 valence electrons. The molecule has 2 aliphatic heterocycles. The van der Waals surface area contributed by atoms with E-state index in [9.17, 15) is 4.79 Å². The molecule has 0 bridgehead atoms. The Hall–Kier alpha value is -2.25. The lowest BCUT2D eigenvalue weighted by atomic mass is 10.1. The maximum Gasteiger partial charge on any atom is 0.319 e. The SMILES string of the molecule is O=C(NCc1cccs1)Nc1ccc(C2=CSC3=NCCN23)cc1. The highest BCUT2D eigenvalue weighted by Crippen LogP contribution is 2.35. The van der Waals surface area contributed by atoms with E-state index in [2.05, 4.69) is 25.9 Å². The molecule has 0 spiro atoms. The highest BCUT2D eigenvalue weighted by Gasteiger charge is 2.26. The summed E-state index contributed by atoms with van der Waals surface area (Å²) in [4.78, 5) is 19.8. The molecule has 0 radical (unpaired) electrons. The summed E-state index contributed by atoms with van der Waals surface area (Å²) in [6, 6.07) is 11.7. The number of anilines is 1. The molecule has 0 fully saturated rings. The number of hydrogen-bond donors (Lipinski definition) is 2. The van der Waals surface area contributed by atoms with Crippen LogP contribution < -0.4 is 10.6 Å². The van der Waals surface area contributed by atoms with E-state index in [1.165, 1.54) is 5.70 Å². The van der Waals surface area contributed by atoms with Gasteiger partial charge in [-0.15, -0.1) is 11.3 Å². The number of amides is 2. The van der Waals surface area contributed by atoms with Crippen molar-refractivity contribution < 1.29 is 4.79 Å². The fraction of sp³-hybridized carbons (Fsp3) is 0.176. The molecule has 0 saturated carbocycles. The standard InChI is InChI=1S/C17H16N4OS2/c22-16(19-10-14-2-1-9-23-14)20-13-5-3-12(4-6-13)15-11-24-17-18-7-8-21(15)17/h1-6,9,11H,7-8,10H2,(H2,19,20,22). The first-order valence-electron chi connectivity index (χ1n) is 7.66. The maximum absolute atomic E-state index is 11.9. The summed E-state index contributed by atoms with van der Waals surface area (Å²) < 4.78 is 0. The number of fused-ring (bicyclic) bond motifs is 1. The number of nitrogens with one attached hydrogen (secondary N) is 2. The van der Waals surface area contributed by atoms with Crippen molar-refractivity contribution in [2.24, 2.45) is 4.99 Å². The number of nitrogens with zero attached hydrogens (tertiary/aromatic N) is 2. The minimum Gasteiger partial charge on any atom is -0.333 e. The molecule has 2 N–H and O–H groups in total. The molecular formula is C17H16N4OS2. The van der Waals surface area contributed by atoms with Gasteiger partial charge in [0.1, 0.15) is 0 Å². The molecule has 5 nitrogen and oxygen atoms in total. The van der Waals surface area contributed by atoms with Crippen molar-refractivity contribution in [3.8, 4) is 0 Å². The second kappa shape index (κ2) is 6.70. The third-order valence-electron chi connectivity index (χ3n) is 3.81. The summed E-state index contributed by atoms with van der Waals surface area (Å²) in [7, 11) is 0. The molecule has 7 heteroatoms. The van der Waals surface area contributed by atoms with Crippen LogP contribution in [0.15, 0.2) is 52.2 Å². The van der Waals surface area contributed by atoms with Crippen molar-refractivity contribution in [3.05, 3.63) is 57.6 Å². The van der Waals surface area contributed by atoms with Crippen LogP contribution in [0, 0.1) is 0 Å². The number of carbonyl (C=O) groups excluding carboxylic acids is 1. The van der Waals surface area contributed by atoms with Crippen molar-refractivity contribution in [1.82, 2.24) is 10.2 Å². The molecule has 24 heavy (non-hydrogen) atoms. The number of urea groups is 1. The number of carbonyl (C=O) groups is 1. The molecular weight excluding hydrogens is 340 g/mol. The van der Waals surface area contributed by atoms with Crippen LogP contribution in [0.25, 0.3) is 5.70 Å². The summed E-state index contributed by atoms with van der Waals surface area (Å²) in [6.07, 6.45) is 0. The largest absolute Gasteiger partial charge is 0.333 e. The Morgan fingerprint density at radius 2 is 2.12 bits per heavy atom. The summed E-state index contributed by atoms with van der Waals surface area (Å²) in [5.41, 5.74) is 3.10. The zero-order chi connectivity index (χ0) is 16.4. The molecule has 1 aromatic heterocycles. The number of aliphatic imine (C=N–C) groups is 1. The lowest BCUT2D eigenvalue weighted by molar-refractivity contribution is 0.252. The zero-order valence-electron chi connectivity index (χ0n) is 12.9. The number of thioether (sulfide) groups is 1. The maximum atomic E-state index is 11.9. The van der Waals surface area contributed by atoms with Crippen molar-refractivity contribution in [3.63, 3.8) is 0 Å². The van der Waals surface area contributed by atoms with Crippen molar-refractivity contribution in [1.29, 1.82) is 0 Å². The van der Waals surface area contributed by atoms with Crippen LogP contribution in [0.4, 0.5) is 10.5 Å². The second-order valence-electron chi connectivity index (χ2n) is 5.40. The van der Waals surface area contributed by atoms with Gasteiger partial charge >= 0.3 is 6.03 Å². The Balaban J connectivity index is 1.36. The van der Waals surface area contributed by atoms with Crippen molar-refractivity contribution in [2.75, 3.05) is 18.4 Å². The predicted molar refractivity (Wildman–Crippen MR) is 101 cm³/mol. The van der Waals surface area contributed by atoms with Gasteiger partial charge in [0, 0.05) is 22.5 Å². The molecule has 0 saturated heterocycles. The third kappa shape index (κ3) is 3.18. The molecule has 0 unspecified atom stereocenters. The molecule has 2 amide bonds. The van der Waals surface area contributed by atoms with Crippen molar-refractivity contribution in [2.45, 2.75) is 6.54 Å². The van der Waals surface area contributed by atoms with Crippen LogP contribution in [-0.2, 0) is 6.54 Å². The van der Waals surface area contributed by atoms with Crippen molar-refractivity contribution >= 4 is 45.7 Å². The van der Waals surface area contributed by atoms with Gasteiger partial charge in [-0.1, -0.05) is 30.0 Å². The van der Waals surface area contributed by atoms with Crippen LogP contribution in [0.5, 0.6) is 0 Å². The summed E-state index contributed by atoms with van der Waals surface area (Å²) in [6.45, 7) is 2.35. The van der Waals surface area contributed by atoms with E-state index in [4.69, 9.17) is 0 Å². The third-order valence-corrected chi connectivity index (χ3v) is 5.59. The number of hydrogen-bond acceptors (Lipinski definition) is 5. The monoisotopic (exact) mass is 356 g/mol. The van der Waals surface area contributed by atoms with Gasteiger partial charge in [0.05, 0.1) is 18.8 Å². The van der Waals surface area contributed by atoms with E-state index < -0.39 is 0 Å². The van der Waals surface area contributed by atoms with E-state index in [0.717, 1.165) is 34.4 Å². The van der Waals surface area contributed by atoms with Gasteiger partial charge in [-0.05, 0) is 29.1 Å². The quantitative estimate of drug-likeness (QED) is 0.876. The van der Waals surface area contributed by atoms with E-state index in [0.29, 0.717) is 6.54 Å². The van der Waals surface area contributed by atoms with E-state index >= 15 is 0 Å². The molecule has 4 rings (SSSR count). The fourth-order valence-electron chi connectivity index (χ4n) is 2.63. The van der Waals surface area contributed by atoms with Gasteiger partial charge in [0.2, 0.25) is 0 Å². The Morgan fingerprint density at radius 3 is 2.92 bits per heavy atom. The molecule has 1 aromatic carbocycles. The van der Waals surface area contributed by atoms with Gasteiger partial charge in [-0.25, -0.2) is 4.79 Å². The van der Waals surface area contributed by atoms with Gasteiger partial charge in [0.15, 0.2) is 5.17 Å². The predicted octanol–water partition coefficient (Wildman–Crippen LogP) is 3.79. The summed E-state index contributed by atoms with van der Waals surface area (Å²) in [5, 5.41) is 10.9. The Morgan fingerprint density at radius 1 is 1.25 bits per heavy atom. The Kier molecular flexibility index (Phi) is 4.27. The minimum absolute atomic E-state index is 0.194. The lowest BCUT2D eigenvalue weighted by Crippen LogP contribution is -2.27. The van der Waals surface area contributed by atoms with Crippen LogP contribution in [-0.4, -0.2) is 29.2 Å². The number of rotatable bonds is 4. The molecule has 0 aliphatic carbocycles. The smallest absolute Gasteiger partial charge is 0.319 e. The van der Waals surface area contributed by atoms with Gasteiger partial charge in [-0.2, -0.15) is 0 Å². The number of benzene rings is 1. The highest BCUT2D eigenvalue weighted by atomic mass is 32.2. The van der Waals surface area contributed by atoms with Gasteiger partial charge in [0.25, 0.3) is 0 Å². The number of thiophene rings is 1. The molecule has 0 atom stereocenters. The van der Waals surface area contributed by atoms with Crippen LogP contribution >= 0.6 is 23.1 Å². The van der Waals surface area contributed by atoms with Crippen LogP contribution in [0.1, 0.15) is 10.4 Å². The van der Waals surface area contributed by atoms with Gasteiger partial charge < -0.3 is 15.5 Å². The molecule has 3 heterocycles. The lowest BCUT2D eigenvalue weighted by Gasteiger charge is -2.17. The Bertz CT molecular complexity index is 797. The summed E-state index contributed by atoms with van der Waals surface area (Å²) >= 11 is 3.30.